The number of nitrogens with one attached hydrogen (secondary N) is 1. The summed E-state index contributed by atoms with van der Waals surface area (Å²) in [5.74, 6) is 0.116. The van der Waals surface area contributed by atoms with Crippen molar-refractivity contribution in [2.24, 2.45) is 0 Å². The van der Waals surface area contributed by atoms with E-state index in [1.165, 1.54) is 11.6 Å². The van der Waals surface area contributed by atoms with E-state index in [2.05, 4.69) is 24.4 Å². The largest absolute Gasteiger partial charge is 0.313 e. The van der Waals surface area contributed by atoms with E-state index >= 15 is 0 Å². The number of benzene rings is 2. The van der Waals surface area contributed by atoms with E-state index in [1.807, 2.05) is 18.2 Å². The molecule has 2 nitrogen and oxygen atoms in total. The Morgan fingerprint density at radius 1 is 1.19 bits per heavy atom. The van der Waals surface area contributed by atoms with Crippen LogP contribution in [0.3, 0.4) is 0 Å². The molecule has 0 aliphatic heterocycles. The lowest BCUT2D eigenvalue weighted by Crippen LogP contribution is -2.11. The van der Waals surface area contributed by atoms with Gasteiger partial charge in [0.25, 0.3) is 0 Å². The van der Waals surface area contributed by atoms with Crippen LogP contribution in [0.25, 0.3) is 0 Å². The van der Waals surface area contributed by atoms with Crippen LogP contribution in [0.15, 0.2) is 47.4 Å². The molecule has 0 fully saturated rings. The van der Waals surface area contributed by atoms with Gasteiger partial charge < -0.3 is 5.32 Å². The van der Waals surface area contributed by atoms with Crippen molar-refractivity contribution in [3.63, 3.8) is 0 Å². The average molecular weight is 300 g/mol. The van der Waals surface area contributed by atoms with Crippen molar-refractivity contribution in [1.29, 1.82) is 5.26 Å². The Bertz CT molecular complexity index is 632. The average Bonchev–Trinajstić information content (AvgIpc) is 2.53. The second-order valence-corrected chi connectivity index (χ2v) is 5.65. The van der Waals surface area contributed by atoms with Crippen molar-refractivity contribution in [2.45, 2.75) is 24.1 Å². The zero-order valence-corrected chi connectivity index (χ0v) is 12.7. The Morgan fingerprint density at radius 3 is 2.62 bits per heavy atom. The first-order chi connectivity index (χ1) is 10.2. The molecular weight excluding hydrogens is 283 g/mol. The lowest BCUT2D eigenvalue weighted by atomic mass is 10.1. The molecule has 4 heteroatoms. The third-order valence-electron chi connectivity index (χ3n) is 3.10. The van der Waals surface area contributed by atoms with E-state index in [4.69, 9.17) is 5.26 Å². The van der Waals surface area contributed by atoms with E-state index in [9.17, 15) is 4.39 Å². The molecule has 2 rings (SSSR count). The number of hydrogen-bond acceptors (Lipinski definition) is 3. The van der Waals surface area contributed by atoms with Gasteiger partial charge in [0, 0.05) is 17.2 Å². The van der Waals surface area contributed by atoms with E-state index in [0.717, 1.165) is 18.0 Å². The zero-order valence-electron chi connectivity index (χ0n) is 11.9. The highest BCUT2D eigenvalue weighted by Crippen LogP contribution is 2.25. The van der Waals surface area contributed by atoms with Gasteiger partial charge in [0.1, 0.15) is 11.9 Å². The Labute approximate surface area is 129 Å². The number of hydrogen-bond donors (Lipinski definition) is 1. The van der Waals surface area contributed by atoms with Gasteiger partial charge in [-0.15, -0.1) is 11.8 Å². The highest BCUT2D eigenvalue weighted by molar-refractivity contribution is 7.98. The quantitative estimate of drug-likeness (QED) is 0.816. The molecular formula is C17H17FN2S. The molecule has 0 unspecified atom stereocenters. The van der Waals surface area contributed by atoms with Crippen molar-refractivity contribution in [3.8, 4) is 6.07 Å². The van der Waals surface area contributed by atoms with Gasteiger partial charge in [0.2, 0.25) is 0 Å². The molecule has 0 saturated heterocycles. The van der Waals surface area contributed by atoms with Crippen LogP contribution in [0, 0.1) is 17.1 Å². The van der Waals surface area contributed by atoms with E-state index in [-0.39, 0.29) is 5.56 Å². The Balaban J connectivity index is 1.99. The molecule has 0 spiro atoms. The van der Waals surface area contributed by atoms with Crippen molar-refractivity contribution in [1.82, 2.24) is 5.32 Å². The standard InChI is InChI=1S/C17H17FN2S/c1-2-20-11-13-6-8-16(9-7-13)21-12-15-5-3-4-14(10-19)17(15)18/h3-9,20H,2,11-12H2,1H3. The van der Waals surface area contributed by atoms with E-state index in [0.29, 0.717) is 11.3 Å². The highest BCUT2D eigenvalue weighted by atomic mass is 32.2. The van der Waals surface area contributed by atoms with Crippen molar-refractivity contribution >= 4 is 11.8 Å². The van der Waals surface area contributed by atoms with Crippen molar-refractivity contribution in [2.75, 3.05) is 6.54 Å². The lowest BCUT2D eigenvalue weighted by molar-refractivity contribution is 0.613. The molecule has 2 aromatic carbocycles. The Kier molecular flexibility index (Phi) is 5.79. The van der Waals surface area contributed by atoms with Crippen LogP contribution in [0.2, 0.25) is 0 Å². The maximum absolute atomic E-state index is 13.9. The summed E-state index contributed by atoms with van der Waals surface area (Å²) in [4.78, 5) is 1.09. The van der Waals surface area contributed by atoms with Crippen molar-refractivity contribution < 1.29 is 4.39 Å². The second-order valence-electron chi connectivity index (χ2n) is 4.60. The summed E-state index contributed by atoms with van der Waals surface area (Å²) in [7, 11) is 0. The molecule has 2 aromatic rings. The fraction of sp³-hybridized carbons (Fsp3) is 0.235. The van der Waals surface area contributed by atoms with Crippen LogP contribution in [0.4, 0.5) is 4.39 Å². The van der Waals surface area contributed by atoms with Gasteiger partial charge in [-0.2, -0.15) is 5.26 Å². The fourth-order valence-corrected chi connectivity index (χ4v) is 2.79. The minimum absolute atomic E-state index is 0.106. The van der Waals surface area contributed by atoms with Crippen molar-refractivity contribution in [3.05, 3.63) is 65.0 Å². The third kappa shape index (κ3) is 4.32. The van der Waals surface area contributed by atoms with Crippen LogP contribution in [-0.2, 0) is 12.3 Å². The number of nitriles is 1. The number of halogens is 1. The van der Waals surface area contributed by atoms with Crippen LogP contribution in [0.1, 0.15) is 23.6 Å². The number of nitrogens with zero attached hydrogens (tertiary/aromatic N) is 1. The molecule has 1 N–H and O–H groups in total. The molecule has 0 amide bonds. The topological polar surface area (TPSA) is 35.8 Å². The lowest BCUT2D eigenvalue weighted by Gasteiger charge is -2.06. The Morgan fingerprint density at radius 2 is 1.95 bits per heavy atom. The molecule has 0 bridgehead atoms. The maximum Gasteiger partial charge on any atom is 0.144 e. The summed E-state index contributed by atoms with van der Waals surface area (Å²) in [5.41, 5.74) is 1.91. The number of thioether (sulfide) groups is 1. The summed E-state index contributed by atoms with van der Waals surface area (Å²) in [5, 5.41) is 12.1. The molecule has 0 saturated carbocycles. The molecule has 21 heavy (non-hydrogen) atoms. The predicted molar refractivity (Wildman–Crippen MR) is 84.5 cm³/mol. The van der Waals surface area contributed by atoms with Crippen LogP contribution in [-0.4, -0.2) is 6.54 Å². The smallest absolute Gasteiger partial charge is 0.144 e. The van der Waals surface area contributed by atoms with Crippen LogP contribution < -0.4 is 5.32 Å². The fourth-order valence-electron chi connectivity index (χ4n) is 1.91. The predicted octanol–water partition coefficient (Wildman–Crippen LogP) is 4.10. The van der Waals surface area contributed by atoms with Crippen LogP contribution in [0.5, 0.6) is 0 Å². The first-order valence-corrected chi connectivity index (χ1v) is 7.83. The summed E-state index contributed by atoms with van der Waals surface area (Å²) >= 11 is 1.57. The summed E-state index contributed by atoms with van der Waals surface area (Å²) in [6, 6.07) is 15.1. The normalized spacial score (nSPS) is 10.3. The molecule has 108 valence electrons. The van der Waals surface area contributed by atoms with Gasteiger partial charge >= 0.3 is 0 Å². The second kappa shape index (κ2) is 7.82. The molecule has 0 atom stereocenters. The molecule has 0 heterocycles. The van der Waals surface area contributed by atoms with Gasteiger partial charge in [0.15, 0.2) is 0 Å². The van der Waals surface area contributed by atoms with E-state index < -0.39 is 5.82 Å². The monoisotopic (exact) mass is 300 g/mol. The maximum atomic E-state index is 13.9. The number of rotatable bonds is 6. The minimum atomic E-state index is -0.406. The summed E-state index contributed by atoms with van der Waals surface area (Å²) in [6.07, 6.45) is 0. The highest BCUT2D eigenvalue weighted by Gasteiger charge is 2.07. The molecule has 0 aliphatic carbocycles. The molecule has 0 aromatic heterocycles. The summed E-state index contributed by atoms with van der Waals surface area (Å²) < 4.78 is 13.9. The van der Waals surface area contributed by atoms with Gasteiger partial charge in [0.05, 0.1) is 5.56 Å². The van der Waals surface area contributed by atoms with Gasteiger partial charge in [-0.1, -0.05) is 31.2 Å². The van der Waals surface area contributed by atoms with Gasteiger partial charge in [-0.05, 0) is 35.9 Å². The first-order valence-electron chi connectivity index (χ1n) is 6.84. The SMILES string of the molecule is CCNCc1ccc(SCc2cccc(C#N)c2F)cc1. The third-order valence-corrected chi connectivity index (χ3v) is 4.16. The Hall–Kier alpha value is -1.83. The zero-order chi connectivity index (χ0) is 15.1. The van der Waals surface area contributed by atoms with Gasteiger partial charge in [-0.25, -0.2) is 4.39 Å². The minimum Gasteiger partial charge on any atom is -0.313 e. The summed E-state index contributed by atoms with van der Waals surface area (Å²) in [6.45, 7) is 3.89. The molecule has 0 aliphatic rings. The van der Waals surface area contributed by atoms with Gasteiger partial charge in [-0.3, -0.25) is 0 Å². The van der Waals surface area contributed by atoms with Crippen LogP contribution >= 0.6 is 11.8 Å². The first kappa shape index (κ1) is 15.6. The molecule has 0 radical (unpaired) electrons. The van der Waals surface area contributed by atoms with E-state index in [1.54, 1.807) is 23.9 Å².